The average Bonchev–Trinajstić information content (AvgIpc) is 2.87. The Labute approximate surface area is 174 Å². The van der Waals surface area contributed by atoms with Crippen molar-refractivity contribution in [3.05, 3.63) is 33.8 Å². The van der Waals surface area contributed by atoms with Crippen molar-refractivity contribution in [2.45, 2.75) is 45.7 Å². The number of halogens is 2. The third-order valence-electron chi connectivity index (χ3n) is 4.11. The zero-order valence-electron chi connectivity index (χ0n) is 16.2. The average molecular weight is 429 g/mol. The van der Waals surface area contributed by atoms with Gasteiger partial charge in [-0.05, 0) is 44.4 Å². The Kier molecular flexibility index (Phi) is 7.36. The van der Waals surface area contributed by atoms with Gasteiger partial charge in [-0.1, -0.05) is 37.0 Å². The van der Waals surface area contributed by atoms with Gasteiger partial charge in [-0.25, -0.2) is 0 Å². The van der Waals surface area contributed by atoms with Crippen LogP contribution in [-0.4, -0.2) is 43.0 Å². The van der Waals surface area contributed by atoms with Gasteiger partial charge in [0, 0.05) is 5.02 Å². The maximum Gasteiger partial charge on any atom is 0.552 e. The van der Waals surface area contributed by atoms with Crippen LogP contribution in [0.5, 0.6) is 0 Å². The monoisotopic (exact) mass is 428 g/mol. The molecule has 0 aromatic heterocycles. The van der Waals surface area contributed by atoms with Crippen LogP contribution in [0.25, 0.3) is 0 Å². The molecule has 152 valence electrons. The highest BCUT2D eigenvalue weighted by atomic mass is 35.5. The van der Waals surface area contributed by atoms with E-state index in [0.717, 1.165) is 0 Å². The summed E-state index contributed by atoms with van der Waals surface area (Å²) >= 11 is 11.9. The number of amides is 2. The first kappa shape index (κ1) is 22.5. The first-order valence-electron chi connectivity index (χ1n) is 8.91. The van der Waals surface area contributed by atoms with Crippen molar-refractivity contribution in [1.29, 1.82) is 0 Å². The number of rotatable bonds is 7. The SMILES string of the molecule is CC(C)C[C@H](NC(=O)CNC(=O)c1cc(Cl)ccc1Cl)B1OC(=O)C(C)(C)O1. The number of hydrogen-bond acceptors (Lipinski definition) is 5. The first-order chi connectivity index (χ1) is 13.0. The molecule has 28 heavy (non-hydrogen) atoms. The van der Waals surface area contributed by atoms with Crippen LogP contribution in [0, 0.1) is 5.92 Å². The van der Waals surface area contributed by atoms with Crippen LogP contribution in [0.3, 0.4) is 0 Å². The summed E-state index contributed by atoms with van der Waals surface area (Å²) in [4.78, 5) is 36.5. The number of hydrogen-bond donors (Lipinski definition) is 2. The summed E-state index contributed by atoms with van der Waals surface area (Å²) in [6.45, 7) is 6.89. The Morgan fingerprint density at radius 3 is 2.50 bits per heavy atom. The lowest BCUT2D eigenvalue weighted by molar-refractivity contribution is -0.141. The van der Waals surface area contributed by atoms with E-state index in [1.165, 1.54) is 12.1 Å². The minimum Gasteiger partial charge on any atom is -0.506 e. The molecule has 0 radical (unpaired) electrons. The standard InChI is InChI=1S/C18H23BCl2N2O5/c1-10(2)7-14(19-27-17(26)18(3,4)28-19)23-15(24)9-22-16(25)12-8-11(20)5-6-13(12)21/h5-6,8,10,14H,7,9H2,1-4H3,(H,22,25)(H,23,24)/t14-/m0/s1. The number of carbonyl (C=O) groups is 3. The molecule has 2 amide bonds. The summed E-state index contributed by atoms with van der Waals surface area (Å²) in [7, 11) is -0.882. The van der Waals surface area contributed by atoms with Gasteiger partial charge in [-0.15, -0.1) is 0 Å². The zero-order chi connectivity index (χ0) is 21.1. The second-order valence-electron chi connectivity index (χ2n) is 7.51. The normalized spacial score (nSPS) is 16.7. The predicted molar refractivity (Wildman–Crippen MR) is 107 cm³/mol. The van der Waals surface area contributed by atoms with Crippen LogP contribution in [0.15, 0.2) is 18.2 Å². The lowest BCUT2D eigenvalue weighted by atomic mass is 9.74. The Morgan fingerprint density at radius 1 is 1.25 bits per heavy atom. The molecule has 10 heteroatoms. The molecule has 2 rings (SSSR count). The maximum atomic E-state index is 12.3. The maximum absolute atomic E-state index is 12.3. The Hall–Kier alpha value is -1.77. The van der Waals surface area contributed by atoms with Gasteiger partial charge in [-0.3, -0.25) is 14.4 Å². The summed E-state index contributed by atoms with van der Waals surface area (Å²) < 4.78 is 10.9. The Balaban J connectivity index is 1.97. The molecule has 1 aromatic rings. The summed E-state index contributed by atoms with van der Waals surface area (Å²) in [6.07, 6.45) is 0.536. The molecule has 1 fully saturated rings. The van der Waals surface area contributed by atoms with E-state index in [4.69, 9.17) is 32.5 Å². The number of benzene rings is 1. The Bertz CT molecular complexity index is 772. The van der Waals surface area contributed by atoms with Crippen LogP contribution in [0.2, 0.25) is 10.0 Å². The third-order valence-corrected chi connectivity index (χ3v) is 4.67. The van der Waals surface area contributed by atoms with Crippen LogP contribution < -0.4 is 10.6 Å². The van der Waals surface area contributed by atoms with E-state index in [9.17, 15) is 14.4 Å². The fraction of sp³-hybridized carbons (Fsp3) is 0.500. The van der Waals surface area contributed by atoms with Crippen LogP contribution in [0.4, 0.5) is 0 Å². The molecule has 0 bridgehead atoms. The summed E-state index contributed by atoms with van der Waals surface area (Å²) in [5, 5.41) is 5.86. The summed E-state index contributed by atoms with van der Waals surface area (Å²) in [5.74, 6) is -1.76. The van der Waals surface area contributed by atoms with Crippen molar-refractivity contribution in [1.82, 2.24) is 10.6 Å². The molecule has 0 aliphatic carbocycles. The number of carbonyl (C=O) groups excluding carboxylic acids is 3. The predicted octanol–water partition coefficient (Wildman–Crippen LogP) is 2.63. The topological polar surface area (TPSA) is 93.7 Å². The van der Waals surface area contributed by atoms with Gasteiger partial charge in [0.2, 0.25) is 5.91 Å². The molecular weight excluding hydrogens is 406 g/mol. The molecule has 1 saturated heterocycles. The van der Waals surface area contributed by atoms with Crippen LogP contribution in [0.1, 0.15) is 44.5 Å². The van der Waals surface area contributed by atoms with Crippen molar-refractivity contribution in [3.8, 4) is 0 Å². The summed E-state index contributed by atoms with van der Waals surface area (Å²) in [5.41, 5.74) is -0.891. The van der Waals surface area contributed by atoms with Gasteiger partial charge in [0.05, 0.1) is 23.1 Å². The smallest absolute Gasteiger partial charge is 0.506 e. The quantitative estimate of drug-likeness (QED) is 0.651. The molecule has 1 aliphatic heterocycles. The Morgan fingerprint density at radius 2 is 1.93 bits per heavy atom. The molecule has 1 heterocycles. The van der Waals surface area contributed by atoms with Gasteiger partial charge in [0.1, 0.15) is 5.60 Å². The summed E-state index contributed by atoms with van der Waals surface area (Å²) in [6, 6.07) is 4.49. The van der Waals surface area contributed by atoms with Crippen molar-refractivity contribution < 1.29 is 23.7 Å². The van der Waals surface area contributed by atoms with E-state index < -0.39 is 36.4 Å². The van der Waals surface area contributed by atoms with E-state index in [1.54, 1.807) is 19.9 Å². The second kappa shape index (κ2) is 9.16. The minimum absolute atomic E-state index is 0.176. The van der Waals surface area contributed by atoms with Gasteiger partial charge in [-0.2, -0.15) is 0 Å². The highest BCUT2D eigenvalue weighted by molar-refractivity contribution is 6.51. The molecule has 0 spiro atoms. The van der Waals surface area contributed by atoms with Gasteiger partial charge >= 0.3 is 13.1 Å². The minimum atomic E-state index is -1.07. The highest BCUT2D eigenvalue weighted by Gasteiger charge is 2.50. The molecule has 0 saturated carbocycles. The molecule has 2 N–H and O–H groups in total. The molecular formula is C18H23BCl2N2O5. The zero-order valence-corrected chi connectivity index (χ0v) is 17.7. The van der Waals surface area contributed by atoms with Gasteiger partial charge in [0.25, 0.3) is 5.91 Å². The third kappa shape index (κ3) is 5.86. The van der Waals surface area contributed by atoms with E-state index in [2.05, 4.69) is 10.6 Å². The fourth-order valence-electron chi connectivity index (χ4n) is 2.71. The second-order valence-corrected chi connectivity index (χ2v) is 8.36. The molecule has 1 atom stereocenters. The highest BCUT2D eigenvalue weighted by Crippen LogP contribution is 2.25. The molecule has 7 nitrogen and oxygen atoms in total. The largest absolute Gasteiger partial charge is 0.552 e. The van der Waals surface area contributed by atoms with E-state index in [-0.39, 0.29) is 23.0 Å². The van der Waals surface area contributed by atoms with Crippen LogP contribution >= 0.6 is 23.2 Å². The van der Waals surface area contributed by atoms with Crippen molar-refractivity contribution >= 4 is 48.1 Å². The van der Waals surface area contributed by atoms with Crippen molar-refractivity contribution in [2.75, 3.05) is 6.54 Å². The lowest BCUT2D eigenvalue weighted by Gasteiger charge is -2.22. The van der Waals surface area contributed by atoms with E-state index in [1.807, 2.05) is 13.8 Å². The molecule has 1 aromatic carbocycles. The van der Waals surface area contributed by atoms with Crippen molar-refractivity contribution in [2.24, 2.45) is 5.92 Å². The lowest BCUT2D eigenvalue weighted by Crippen LogP contribution is -2.51. The van der Waals surface area contributed by atoms with Gasteiger partial charge < -0.3 is 19.9 Å². The van der Waals surface area contributed by atoms with Crippen molar-refractivity contribution in [3.63, 3.8) is 0 Å². The van der Waals surface area contributed by atoms with Crippen LogP contribution in [-0.2, 0) is 18.9 Å². The molecule has 0 unspecified atom stereocenters. The fourth-order valence-corrected chi connectivity index (χ4v) is 3.08. The van der Waals surface area contributed by atoms with Gasteiger partial charge in [0.15, 0.2) is 0 Å². The number of nitrogens with one attached hydrogen (secondary N) is 2. The first-order valence-corrected chi connectivity index (χ1v) is 9.66. The van der Waals surface area contributed by atoms with E-state index >= 15 is 0 Å². The van der Waals surface area contributed by atoms with E-state index in [0.29, 0.717) is 11.4 Å². The molecule has 1 aliphatic rings.